The molecule has 6 aromatic rings. The van der Waals surface area contributed by atoms with Crippen LogP contribution in [-0.4, -0.2) is 28.8 Å². The number of methoxy groups -OCH3 is 1. The molecular weight excluding hydrogens is 631 g/mol. The van der Waals surface area contributed by atoms with Crippen molar-refractivity contribution in [3.05, 3.63) is 163 Å². The summed E-state index contributed by atoms with van der Waals surface area (Å²) in [4.78, 5) is 33.2. The first-order valence-electron chi connectivity index (χ1n) is 16.1. The molecule has 1 aliphatic heterocycles. The highest BCUT2D eigenvalue weighted by atomic mass is 32.1. The molecule has 0 aliphatic carbocycles. The number of aromatic nitrogens is 2. The van der Waals surface area contributed by atoms with Crippen LogP contribution in [0, 0.1) is 6.92 Å². The summed E-state index contributed by atoms with van der Waals surface area (Å²) < 4.78 is 15.2. The Bertz CT molecular complexity index is 2370. The highest BCUT2D eigenvalue weighted by Gasteiger charge is 2.33. The van der Waals surface area contributed by atoms with E-state index in [9.17, 15) is 9.59 Å². The van der Waals surface area contributed by atoms with Gasteiger partial charge in [-0.25, -0.2) is 9.79 Å². The molecule has 0 saturated heterocycles. The van der Waals surface area contributed by atoms with Gasteiger partial charge in [-0.05, 0) is 73.9 Å². The Morgan fingerprint density at radius 3 is 2.16 bits per heavy atom. The number of hydrogen-bond donors (Lipinski definition) is 0. The summed E-state index contributed by atoms with van der Waals surface area (Å²) in [5.41, 5.74) is 8.48. The quantitative estimate of drug-likeness (QED) is 0.161. The average molecular weight is 666 g/mol. The van der Waals surface area contributed by atoms with E-state index in [0.29, 0.717) is 26.4 Å². The summed E-state index contributed by atoms with van der Waals surface area (Å²) in [7, 11) is 1.60. The number of ether oxygens (including phenoxy) is 2. The lowest BCUT2D eigenvalue weighted by Crippen LogP contribution is -2.39. The zero-order valence-electron chi connectivity index (χ0n) is 27.7. The molecule has 7 nitrogen and oxygen atoms in total. The molecule has 0 unspecified atom stereocenters. The van der Waals surface area contributed by atoms with Crippen molar-refractivity contribution in [1.29, 1.82) is 0 Å². The van der Waals surface area contributed by atoms with Crippen LogP contribution in [-0.2, 0) is 9.53 Å². The first kappa shape index (κ1) is 31.8. The van der Waals surface area contributed by atoms with Crippen molar-refractivity contribution in [2.75, 3.05) is 13.7 Å². The predicted octanol–water partition coefficient (Wildman–Crippen LogP) is 7.24. The number of fused-ring (bicyclic) bond motifs is 1. The van der Waals surface area contributed by atoms with Gasteiger partial charge in [-0.3, -0.25) is 9.36 Å². The van der Waals surface area contributed by atoms with Crippen molar-refractivity contribution < 1.29 is 14.3 Å². The van der Waals surface area contributed by atoms with Crippen molar-refractivity contribution in [2.45, 2.75) is 26.8 Å². The Morgan fingerprint density at radius 1 is 0.878 bits per heavy atom. The summed E-state index contributed by atoms with van der Waals surface area (Å²) in [6.07, 6.45) is 1.96. The highest BCUT2D eigenvalue weighted by Crippen LogP contribution is 2.37. The molecule has 0 radical (unpaired) electrons. The maximum absolute atomic E-state index is 14.6. The van der Waals surface area contributed by atoms with Gasteiger partial charge >= 0.3 is 5.97 Å². The number of carbonyl (C=O) groups excluding carboxylic acids is 1. The zero-order chi connectivity index (χ0) is 34.1. The SMILES string of the molecule is CCOC(=O)C1=C(C)N=c2s/c(=C\c3cc(-c4ccccc4)n(-c4ccc(C)cc4)c3-c3ccccc3)c(=O)n2[C@H]1c1ccc(OC)cc1. The van der Waals surface area contributed by atoms with Crippen LogP contribution in [0.4, 0.5) is 0 Å². The highest BCUT2D eigenvalue weighted by molar-refractivity contribution is 7.07. The minimum atomic E-state index is -0.714. The van der Waals surface area contributed by atoms with Crippen molar-refractivity contribution >= 4 is 23.4 Å². The van der Waals surface area contributed by atoms with Gasteiger partial charge in [-0.2, -0.15) is 0 Å². The molecule has 0 spiro atoms. The number of thiazole rings is 1. The van der Waals surface area contributed by atoms with Crippen molar-refractivity contribution in [1.82, 2.24) is 9.13 Å². The molecule has 1 aliphatic rings. The fourth-order valence-electron chi connectivity index (χ4n) is 6.35. The summed E-state index contributed by atoms with van der Waals surface area (Å²) in [6, 6.07) is 37.8. The zero-order valence-corrected chi connectivity index (χ0v) is 28.5. The number of esters is 1. The number of allylic oxidation sites excluding steroid dienone is 1. The standard InChI is InChI=1S/C41H35N3O4S/c1-5-48-40(46)36-27(3)42-41-44(38(36)30-18-22-33(47-4)23-19-30)39(45)35(49-41)25-31-24-34(28-12-8-6-9-13-28)43(32-20-16-26(2)17-21-32)37(31)29-14-10-7-11-15-29/h6-25,38H,5H2,1-4H3/b35-25-/t38-/m0/s1. The van der Waals surface area contributed by atoms with Crippen LogP contribution < -0.4 is 19.6 Å². The molecular formula is C41H35N3O4S. The van der Waals surface area contributed by atoms with E-state index in [1.807, 2.05) is 66.7 Å². The average Bonchev–Trinajstić information content (AvgIpc) is 3.65. The minimum Gasteiger partial charge on any atom is -0.497 e. The second-order valence-corrected chi connectivity index (χ2v) is 12.8. The smallest absolute Gasteiger partial charge is 0.338 e. The normalized spacial score (nSPS) is 14.4. The van der Waals surface area contributed by atoms with Gasteiger partial charge in [0.2, 0.25) is 0 Å². The molecule has 0 amide bonds. The second kappa shape index (κ2) is 13.4. The van der Waals surface area contributed by atoms with Gasteiger partial charge in [0.15, 0.2) is 4.80 Å². The third-order valence-corrected chi connectivity index (χ3v) is 9.66. The van der Waals surface area contributed by atoms with Gasteiger partial charge in [0.1, 0.15) is 5.75 Å². The van der Waals surface area contributed by atoms with Crippen LogP contribution in [0.3, 0.4) is 0 Å². The second-order valence-electron chi connectivity index (χ2n) is 11.8. The summed E-state index contributed by atoms with van der Waals surface area (Å²) in [6.45, 7) is 5.85. The molecule has 0 bridgehead atoms. The van der Waals surface area contributed by atoms with Crippen LogP contribution in [0.2, 0.25) is 0 Å². The fraction of sp³-hybridized carbons (Fsp3) is 0.146. The third-order valence-electron chi connectivity index (χ3n) is 8.67. The summed E-state index contributed by atoms with van der Waals surface area (Å²) >= 11 is 1.31. The number of nitrogens with zero attached hydrogens (tertiary/aromatic N) is 3. The largest absolute Gasteiger partial charge is 0.497 e. The lowest BCUT2D eigenvalue weighted by atomic mass is 9.96. The van der Waals surface area contributed by atoms with Crippen molar-refractivity contribution in [3.8, 4) is 34.0 Å². The fourth-order valence-corrected chi connectivity index (χ4v) is 7.39. The molecule has 7 rings (SSSR count). The summed E-state index contributed by atoms with van der Waals surface area (Å²) in [5.74, 6) is 0.184. The van der Waals surface area contributed by atoms with Gasteiger partial charge in [-0.15, -0.1) is 0 Å². The monoisotopic (exact) mass is 665 g/mol. The number of aryl methyl sites for hydroxylation is 1. The summed E-state index contributed by atoms with van der Waals surface area (Å²) in [5, 5.41) is 0. The van der Waals surface area contributed by atoms with E-state index >= 15 is 0 Å². The van der Waals surface area contributed by atoms with Crippen LogP contribution in [0.1, 0.15) is 36.6 Å². The van der Waals surface area contributed by atoms with Crippen molar-refractivity contribution in [2.24, 2.45) is 4.99 Å². The molecule has 3 heterocycles. The first-order valence-corrected chi connectivity index (χ1v) is 17.0. The number of benzene rings is 4. The Labute approximate surface area is 288 Å². The van der Waals surface area contributed by atoms with Gasteiger partial charge in [0.05, 0.1) is 46.9 Å². The van der Waals surface area contributed by atoms with E-state index in [4.69, 9.17) is 14.5 Å². The molecule has 4 aromatic carbocycles. The lowest BCUT2D eigenvalue weighted by molar-refractivity contribution is -0.139. The van der Waals surface area contributed by atoms with Crippen molar-refractivity contribution in [3.63, 3.8) is 0 Å². The van der Waals surface area contributed by atoms with Crippen LogP contribution in [0.5, 0.6) is 5.75 Å². The predicted molar refractivity (Wildman–Crippen MR) is 195 cm³/mol. The van der Waals surface area contributed by atoms with Gasteiger partial charge in [-0.1, -0.05) is 102 Å². The lowest BCUT2D eigenvalue weighted by Gasteiger charge is -2.24. The van der Waals surface area contributed by atoms with Crippen LogP contribution in [0.15, 0.2) is 136 Å². The number of hydrogen-bond acceptors (Lipinski definition) is 6. The van der Waals surface area contributed by atoms with E-state index in [1.54, 1.807) is 25.5 Å². The maximum Gasteiger partial charge on any atom is 0.338 e. The number of carbonyl (C=O) groups is 1. The van der Waals surface area contributed by atoms with E-state index in [0.717, 1.165) is 39.3 Å². The van der Waals surface area contributed by atoms with Crippen LogP contribution in [0.25, 0.3) is 34.3 Å². The Morgan fingerprint density at radius 2 is 1.53 bits per heavy atom. The Kier molecular flexibility index (Phi) is 8.72. The Hall–Kier alpha value is -5.73. The molecule has 0 saturated carbocycles. The van der Waals surface area contributed by atoms with Gasteiger partial charge < -0.3 is 14.0 Å². The van der Waals surface area contributed by atoms with E-state index in [1.165, 1.54) is 16.9 Å². The topological polar surface area (TPSA) is 74.8 Å². The van der Waals surface area contributed by atoms with Crippen LogP contribution >= 0.6 is 11.3 Å². The van der Waals surface area contributed by atoms with E-state index in [2.05, 4.69) is 66.1 Å². The minimum absolute atomic E-state index is 0.208. The molecule has 0 fully saturated rings. The van der Waals surface area contributed by atoms with E-state index < -0.39 is 12.0 Å². The molecule has 49 heavy (non-hydrogen) atoms. The maximum atomic E-state index is 14.6. The van der Waals surface area contributed by atoms with Gasteiger partial charge in [0.25, 0.3) is 5.56 Å². The van der Waals surface area contributed by atoms with E-state index in [-0.39, 0.29) is 12.2 Å². The first-order chi connectivity index (χ1) is 23.9. The Balaban J connectivity index is 1.50. The number of rotatable bonds is 8. The molecule has 2 aromatic heterocycles. The van der Waals surface area contributed by atoms with Gasteiger partial charge in [0, 0.05) is 11.3 Å². The molecule has 8 heteroatoms. The molecule has 1 atom stereocenters. The molecule has 244 valence electrons. The molecule has 0 N–H and O–H groups in total. The third kappa shape index (κ3) is 5.96.